The summed E-state index contributed by atoms with van der Waals surface area (Å²) in [5, 5.41) is 7.49. The average Bonchev–Trinajstić information content (AvgIpc) is 2.94. The fourth-order valence-corrected chi connectivity index (χ4v) is 4.41. The first kappa shape index (κ1) is 23.6. The van der Waals surface area contributed by atoms with Crippen LogP contribution in [0.3, 0.4) is 0 Å². The van der Waals surface area contributed by atoms with Gasteiger partial charge in [-0.1, -0.05) is 23.2 Å². The van der Waals surface area contributed by atoms with Crippen LogP contribution in [0, 0.1) is 13.8 Å². The Balaban J connectivity index is 1.96. The molecule has 1 aromatic heterocycles. The Hall–Kier alpha value is -2.03. The highest BCUT2D eigenvalue weighted by Gasteiger charge is 2.37. The van der Waals surface area contributed by atoms with Crippen molar-refractivity contribution >= 4 is 45.0 Å². The molecule has 0 saturated carbocycles. The van der Waals surface area contributed by atoms with Crippen LogP contribution in [0.15, 0.2) is 41.0 Å². The largest absolute Gasteiger partial charge is 0.408 e. The zero-order valence-electron chi connectivity index (χ0n) is 16.6. The molecular weight excluding hydrogens is 518 g/mol. The van der Waals surface area contributed by atoms with Crippen molar-refractivity contribution < 1.29 is 18.0 Å². The van der Waals surface area contributed by atoms with Crippen LogP contribution in [0.1, 0.15) is 28.5 Å². The van der Waals surface area contributed by atoms with Crippen LogP contribution in [0.4, 0.5) is 13.2 Å². The molecule has 0 aliphatic heterocycles. The Morgan fingerprint density at radius 3 is 2.29 bits per heavy atom. The second-order valence-corrected chi connectivity index (χ2v) is 8.68. The van der Waals surface area contributed by atoms with E-state index in [9.17, 15) is 18.0 Å². The van der Waals surface area contributed by atoms with Gasteiger partial charge >= 0.3 is 6.18 Å². The van der Waals surface area contributed by atoms with Crippen molar-refractivity contribution in [3.63, 3.8) is 0 Å². The van der Waals surface area contributed by atoms with Gasteiger partial charge in [-0.2, -0.15) is 18.3 Å². The van der Waals surface area contributed by atoms with Crippen molar-refractivity contribution in [2.75, 3.05) is 0 Å². The van der Waals surface area contributed by atoms with Crippen molar-refractivity contribution in [2.45, 2.75) is 33.0 Å². The Bertz CT molecular complexity index is 1140. The van der Waals surface area contributed by atoms with Gasteiger partial charge in [0.25, 0.3) is 5.91 Å². The van der Waals surface area contributed by atoms with Gasteiger partial charge in [0, 0.05) is 21.2 Å². The minimum atomic E-state index is -4.51. The number of carbonyl (C=O) groups excluding carboxylic acids is 1. The van der Waals surface area contributed by atoms with Crippen LogP contribution in [0.25, 0.3) is 16.8 Å². The molecule has 0 radical (unpaired) electrons. The first-order valence-electron chi connectivity index (χ1n) is 9.08. The molecule has 0 aliphatic carbocycles. The summed E-state index contributed by atoms with van der Waals surface area (Å²) >= 11 is 15.8. The van der Waals surface area contributed by atoms with Gasteiger partial charge < -0.3 is 5.32 Å². The lowest BCUT2D eigenvalue weighted by molar-refractivity contribution is -0.149. The number of rotatable bonds is 4. The molecule has 0 saturated heterocycles. The SMILES string of the molecule is Cc1cc(-n2nc(C)c(-c3cc(Cl)cc(Cl)c3)c2Br)ccc1C(=O)NC(C)C(F)(F)F. The van der Waals surface area contributed by atoms with E-state index in [1.165, 1.54) is 6.07 Å². The molecule has 31 heavy (non-hydrogen) atoms. The van der Waals surface area contributed by atoms with Crippen molar-refractivity contribution in [3.05, 3.63) is 67.9 Å². The fourth-order valence-electron chi connectivity index (χ4n) is 3.09. The Kier molecular flexibility index (Phi) is 6.74. The molecule has 1 unspecified atom stereocenters. The van der Waals surface area contributed by atoms with E-state index in [0.29, 0.717) is 31.6 Å². The summed E-state index contributed by atoms with van der Waals surface area (Å²) in [6, 6.07) is 8.00. The van der Waals surface area contributed by atoms with E-state index in [0.717, 1.165) is 18.1 Å². The molecular formula is C21H17BrCl2F3N3O. The molecule has 0 spiro atoms. The molecule has 2 aromatic carbocycles. The molecule has 10 heteroatoms. The molecule has 0 bridgehead atoms. The monoisotopic (exact) mass is 533 g/mol. The van der Waals surface area contributed by atoms with E-state index in [1.54, 1.807) is 41.9 Å². The van der Waals surface area contributed by atoms with Crippen LogP contribution >= 0.6 is 39.1 Å². The number of nitrogens with one attached hydrogen (secondary N) is 1. The molecule has 1 heterocycles. The lowest BCUT2D eigenvalue weighted by atomic mass is 10.1. The standard InChI is InChI=1S/C21H17BrCl2F3N3O/c1-10-6-16(4-5-17(10)20(31)28-12(3)21(25,26)27)30-19(22)18(11(2)29-30)13-7-14(23)9-15(24)8-13/h4-9,12H,1-3H3,(H,28,31). The summed E-state index contributed by atoms with van der Waals surface area (Å²) in [6.07, 6.45) is -4.51. The van der Waals surface area contributed by atoms with Gasteiger partial charge in [0.2, 0.25) is 0 Å². The highest BCUT2D eigenvalue weighted by molar-refractivity contribution is 9.10. The van der Waals surface area contributed by atoms with Crippen molar-refractivity contribution in [3.8, 4) is 16.8 Å². The number of benzene rings is 2. The zero-order chi connectivity index (χ0) is 23.1. The van der Waals surface area contributed by atoms with Crippen molar-refractivity contribution in [2.24, 2.45) is 0 Å². The molecule has 1 amide bonds. The minimum absolute atomic E-state index is 0.154. The Morgan fingerprint density at radius 1 is 1.13 bits per heavy atom. The van der Waals surface area contributed by atoms with Gasteiger partial charge in [0.05, 0.1) is 11.4 Å². The van der Waals surface area contributed by atoms with Crippen LogP contribution in [0.2, 0.25) is 10.0 Å². The van der Waals surface area contributed by atoms with Gasteiger partial charge in [0.1, 0.15) is 10.6 Å². The van der Waals surface area contributed by atoms with E-state index in [1.807, 2.05) is 12.2 Å². The molecule has 1 N–H and O–H groups in total. The summed E-state index contributed by atoms with van der Waals surface area (Å²) < 4.78 is 40.5. The Morgan fingerprint density at radius 2 is 1.74 bits per heavy atom. The topological polar surface area (TPSA) is 46.9 Å². The number of nitrogens with zero attached hydrogens (tertiary/aromatic N) is 2. The summed E-state index contributed by atoms with van der Waals surface area (Å²) in [4.78, 5) is 12.3. The lowest BCUT2D eigenvalue weighted by Crippen LogP contribution is -2.43. The van der Waals surface area contributed by atoms with E-state index in [4.69, 9.17) is 23.2 Å². The lowest BCUT2D eigenvalue weighted by Gasteiger charge is -2.18. The summed E-state index contributed by atoms with van der Waals surface area (Å²) in [7, 11) is 0. The highest BCUT2D eigenvalue weighted by Crippen LogP contribution is 2.36. The summed E-state index contributed by atoms with van der Waals surface area (Å²) in [6.45, 7) is 4.38. The number of hydrogen-bond acceptors (Lipinski definition) is 2. The second-order valence-electron chi connectivity index (χ2n) is 7.06. The van der Waals surface area contributed by atoms with E-state index < -0.39 is 18.1 Å². The molecule has 164 valence electrons. The average molecular weight is 535 g/mol. The van der Waals surface area contributed by atoms with Crippen LogP contribution < -0.4 is 5.32 Å². The van der Waals surface area contributed by atoms with Gasteiger partial charge in [-0.15, -0.1) is 0 Å². The Labute approximate surface area is 195 Å². The maximum atomic E-state index is 12.7. The first-order chi connectivity index (χ1) is 14.4. The molecule has 1 atom stereocenters. The summed E-state index contributed by atoms with van der Waals surface area (Å²) in [5.74, 6) is -0.793. The third-order valence-electron chi connectivity index (χ3n) is 4.69. The number of carbonyl (C=O) groups is 1. The third kappa shape index (κ3) is 5.07. The molecule has 3 aromatic rings. The molecule has 0 aliphatic rings. The predicted molar refractivity (Wildman–Crippen MR) is 119 cm³/mol. The van der Waals surface area contributed by atoms with Gasteiger partial charge in [-0.3, -0.25) is 4.79 Å². The fraction of sp³-hybridized carbons (Fsp3) is 0.238. The number of hydrogen-bond donors (Lipinski definition) is 1. The number of halogens is 6. The van der Waals surface area contributed by atoms with E-state index in [2.05, 4.69) is 21.0 Å². The number of amides is 1. The van der Waals surface area contributed by atoms with Crippen LogP contribution in [0.5, 0.6) is 0 Å². The summed E-state index contributed by atoms with van der Waals surface area (Å²) in [5.41, 5.74) is 3.58. The zero-order valence-corrected chi connectivity index (χ0v) is 19.7. The predicted octanol–water partition coefficient (Wildman–Crippen LogP) is 6.91. The maximum absolute atomic E-state index is 12.7. The van der Waals surface area contributed by atoms with Gasteiger partial charge in [-0.05, 0) is 84.2 Å². The smallest absolute Gasteiger partial charge is 0.341 e. The number of aryl methyl sites for hydroxylation is 2. The molecule has 0 fully saturated rings. The second kappa shape index (κ2) is 8.84. The number of alkyl halides is 3. The third-order valence-corrected chi connectivity index (χ3v) is 5.86. The van der Waals surface area contributed by atoms with Crippen molar-refractivity contribution in [1.29, 1.82) is 0 Å². The normalized spacial score (nSPS) is 12.7. The van der Waals surface area contributed by atoms with Crippen molar-refractivity contribution in [1.82, 2.24) is 15.1 Å². The van der Waals surface area contributed by atoms with Crippen LogP contribution in [-0.2, 0) is 0 Å². The van der Waals surface area contributed by atoms with Gasteiger partial charge in [0.15, 0.2) is 0 Å². The molecule has 3 rings (SSSR count). The van der Waals surface area contributed by atoms with Gasteiger partial charge in [-0.25, -0.2) is 4.68 Å². The number of aromatic nitrogens is 2. The molecule has 4 nitrogen and oxygen atoms in total. The van der Waals surface area contributed by atoms with E-state index >= 15 is 0 Å². The first-order valence-corrected chi connectivity index (χ1v) is 10.6. The van der Waals surface area contributed by atoms with Crippen LogP contribution in [-0.4, -0.2) is 27.9 Å². The highest BCUT2D eigenvalue weighted by atomic mass is 79.9. The minimum Gasteiger partial charge on any atom is -0.341 e. The van der Waals surface area contributed by atoms with E-state index in [-0.39, 0.29) is 5.56 Å². The maximum Gasteiger partial charge on any atom is 0.408 e. The quantitative estimate of drug-likeness (QED) is 0.395.